The van der Waals surface area contributed by atoms with E-state index in [9.17, 15) is 4.79 Å². The molecule has 1 atom stereocenters. The van der Waals surface area contributed by atoms with E-state index in [1.165, 1.54) is 19.3 Å². The largest absolute Gasteiger partial charge is 0.351 e. The molecule has 100 valence electrons. The molecule has 0 heterocycles. The average molecular weight is 241 g/mol. The summed E-state index contributed by atoms with van der Waals surface area (Å²) in [5.41, 5.74) is 5.62. The zero-order valence-electron chi connectivity index (χ0n) is 11.6. The Morgan fingerprint density at radius 3 is 2.41 bits per heavy atom. The Morgan fingerprint density at radius 1 is 1.47 bits per heavy atom. The number of nitrogens with zero attached hydrogens (tertiary/aromatic N) is 1. The molecule has 4 heteroatoms. The highest BCUT2D eigenvalue weighted by atomic mass is 16.1. The molecule has 1 saturated carbocycles. The molecule has 1 rings (SSSR count). The topological polar surface area (TPSA) is 58.4 Å². The monoisotopic (exact) mass is 241 g/mol. The van der Waals surface area contributed by atoms with Crippen LogP contribution < -0.4 is 11.1 Å². The Kier molecular flexibility index (Phi) is 4.95. The highest BCUT2D eigenvalue weighted by Gasteiger charge is 2.28. The Bertz CT molecular complexity index is 256. The van der Waals surface area contributed by atoms with E-state index in [4.69, 9.17) is 5.73 Å². The van der Waals surface area contributed by atoms with Crippen LogP contribution >= 0.6 is 0 Å². The van der Waals surface area contributed by atoms with E-state index < -0.39 is 0 Å². The van der Waals surface area contributed by atoms with Gasteiger partial charge in [0.05, 0.1) is 0 Å². The molecule has 17 heavy (non-hydrogen) atoms. The summed E-state index contributed by atoms with van der Waals surface area (Å²) in [7, 11) is 2.09. The lowest BCUT2D eigenvalue weighted by Gasteiger charge is -2.39. The van der Waals surface area contributed by atoms with Crippen molar-refractivity contribution < 1.29 is 4.79 Å². The zero-order chi connectivity index (χ0) is 13.1. The second-order valence-electron chi connectivity index (χ2n) is 6.14. The van der Waals surface area contributed by atoms with Crippen molar-refractivity contribution in [1.29, 1.82) is 0 Å². The van der Waals surface area contributed by atoms with Crippen LogP contribution in [-0.4, -0.2) is 42.0 Å². The quantitative estimate of drug-likeness (QED) is 0.758. The van der Waals surface area contributed by atoms with Crippen LogP contribution in [0.3, 0.4) is 0 Å². The molecule has 1 amide bonds. The third-order valence-electron chi connectivity index (χ3n) is 3.43. The second-order valence-corrected chi connectivity index (χ2v) is 6.14. The Hall–Kier alpha value is -0.610. The Balaban J connectivity index is 2.42. The summed E-state index contributed by atoms with van der Waals surface area (Å²) in [5, 5.41) is 2.99. The molecule has 1 fully saturated rings. The molecule has 0 aliphatic heterocycles. The predicted molar refractivity (Wildman–Crippen MR) is 70.8 cm³/mol. The van der Waals surface area contributed by atoms with Gasteiger partial charge in [-0.1, -0.05) is 6.42 Å². The summed E-state index contributed by atoms with van der Waals surface area (Å²) in [4.78, 5) is 14.2. The summed E-state index contributed by atoms with van der Waals surface area (Å²) < 4.78 is 0. The first-order chi connectivity index (χ1) is 7.83. The molecule has 0 bridgehead atoms. The number of amides is 1. The van der Waals surface area contributed by atoms with Crippen LogP contribution in [0.15, 0.2) is 0 Å². The summed E-state index contributed by atoms with van der Waals surface area (Å²) in [6.07, 6.45) is 4.29. The van der Waals surface area contributed by atoms with Gasteiger partial charge in [-0.3, -0.25) is 9.69 Å². The first kappa shape index (κ1) is 14.5. The van der Waals surface area contributed by atoms with Crippen molar-refractivity contribution in [2.75, 3.05) is 13.6 Å². The first-order valence-electron chi connectivity index (χ1n) is 6.56. The van der Waals surface area contributed by atoms with Crippen LogP contribution in [0.1, 0.15) is 46.5 Å². The predicted octanol–water partition coefficient (Wildman–Crippen LogP) is 1.10. The molecule has 0 aromatic rings. The number of nitrogens with two attached hydrogens (primary N) is 1. The zero-order valence-corrected chi connectivity index (χ0v) is 11.6. The van der Waals surface area contributed by atoms with Crippen LogP contribution in [0.4, 0.5) is 0 Å². The number of hydrogen-bond acceptors (Lipinski definition) is 3. The molecule has 1 unspecified atom stereocenters. The fraction of sp³-hybridized carbons (Fsp3) is 0.923. The van der Waals surface area contributed by atoms with Gasteiger partial charge in [-0.2, -0.15) is 0 Å². The minimum absolute atomic E-state index is 0.0964. The molecule has 4 nitrogen and oxygen atoms in total. The summed E-state index contributed by atoms with van der Waals surface area (Å²) >= 11 is 0. The van der Waals surface area contributed by atoms with Crippen molar-refractivity contribution >= 4 is 5.91 Å². The van der Waals surface area contributed by atoms with Crippen LogP contribution in [0.2, 0.25) is 0 Å². The van der Waals surface area contributed by atoms with Gasteiger partial charge in [0.25, 0.3) is 0 Å². The van der Waals surface area contributed by atoms with Gasteiger partial charge in [-0.05, 0) is 40.7 Å². The number of rotatable bonds is 5. The molecular weight excluding hydrogens is 214 g/mol. The first-order valence-corrected chi connectivity index (χ1v) is 6.56. The number of nitrogens with one attached hydrogen (secondary N) is 1. The minimum Gasteiger partial charge on any atom is -0.351 e. The van der Waals surface area contributed by atoms with Crippen molar-refractivity contribution in [2.24, 2.45) is 5.73 Å². The summed E-state index contributed by atoms with van der Waals surface area (Å²) in [5.74, 6) is 0.0964. The number of likely N-dealkylation sites (N-methyl/N-ethyl adjacent to an activating group) is 1. The molecule has 0 spiro atoms. The summed E-state index contributed by atoms with van der Waals surface area (Å²) in [6, 6.07) is 0.800. The maximum absolute atomic E-state index is 11.9. The van der Waals surface area contributed by atoms with Gasteiger partial charge >= 0.3 is 0 Å². The number of hydrogen-bond donors (Lipinski definition) is 2. The molecule has 0 aromatic carbocycles. The standard InChI is InChI=1S/C13H27N3O/c1-13(2,3)15-12(17)8-11(9-14)16(4)10-6-5-7-10/h10-11H,5-9,14H2,1-4H3,(H,15,17). The second kappa shape index (κ2) is 5.83. The molecule has 1 aliphatic carbocycles. The van der Waals surface area contributed by atoms with Gasteiger partial charge in [-0.15, -0.1) is 0 Å². The minimum atomic E-state index is -0.161. The van der Waals surface area contributed by atoms with E-state index in [0.29, 0.717) is 19.0 Å². The van der Waals surface area contributed by atoms with E-state index in [0.717, 1.165) is 0 Å². The van der Waals surface area contributed by atoms with E-state index >= 15 is 0 Å². The molecule has 1 aliphatic rings. The van der Waals surface area contributed by atoms with Crippen LogP contribution in [0.5, 0.6) is 0 Å². The average Bonchev–Trinajstić information content (AvgIpc) is 2.08. The maximum Gasteiger partial charge on any atom is 0.222 e. The van der Waals surface area contributed by atoms with Crippen LogP contribution in [0.25, 0.3) is 0 Å². The van der Waals surface area contributed by atoms with Crippen LogP contribution in [0, 0.1) is 0 Å². The van der Waals surface area contributed by atoms with Crippen molar-refractivity contribution in [2.45, 2.75) is 64.1 Å². The van der Waals surface area contributed by atoms with E-state index in [2.05, 4.69) is 17.3 Å². The highest BCUT2D eigenvalue weighted by molar-refractivity contribution is 5.77. The molecular formula is C13H27N3O. The lowest BCUT2D eigenvalue weighted by molar-refractivity contribution is -0.123. The molecule has 3 N–H and O–H groups in total. The van der Waals surface area contributed by atoms with Gasteiger partial charge in [0, 0.05) is 30.6 Å². The van der Waals surface area contributed by atoms with Gasteiger partial charge < -0.3 is 11.1 Å². The normalized spacial score (nSPS) is 18.9. The molecule has 0 saturated heterocycles. The summed E-state index contributed by atoms with van der Waals surface area (Å²) in [6.45, 7) is 6.54. The lowest BCUT2D eigenvalue weighted by Crippen LogP contribution is -2.50. The Morgan fingerprint density at radius 2 is 2.06 bits per heavy atom. The number of carbonyl (C=O) groups excluding carboxylic acids is 1. The smallest absolute Gasteiger partial charge is 0.222 e. The third kappa shape index (κ3) is 4.64. The van der Waals surface area contributed by atoms with Crippen molar-refractivity contribution in [3.05, 3.63) is 0 Å². The van der Waals surface area contributed by atoms with Crippen molar-refractivity contribution in [3.8, 4) is 0 Å². The fourth-order valence-corrected chi connectivity index (χ4v) is 2.17. The van der Waals surface area contributed by atoms with E-state index in [-0.39, 0.29) is 17.5 Å². The van der Waals surface area contributed by atoms with Crippen molar-refractivity contribution in [3.63, 3.8) is 0 Å². The maximum atomic E-state index is 11.9. The molecule has 0 radical (unpaired) electrons. The fourth-order valence-electron chi connectivity index (χ4n) is 2.17. The van der Waals surface area contributed by atoms with Gasteiger partial charge in [-0.25, -0.2) is 0 Å². The van der Waals surface area contributed by atoms with Gasteiger partial charge in [0.1, 0.15) is 0 Å². The van der Waals surface area contributed by atoms with E-state index in [1.807, 2.05) is 20.8 Å². The Labute approximate surface area is 105 Å². The molecule has 0 aromatic heterocycles. The van der Waals surface area contributed by atoms with E-state index in [1.54, 1.807) is 0 Å². The lowest BCUT2D eigenvalue weighted by atomic mass is 9.90. The number of carbonyl (C=O) groups is 1. The van der Waals surface area contributed by atoms with Crippen molar-refractivity contribution in [1.82, 2.24) is 10.2 Å². The van der Waals surface area contributed by atoms with Gasteiger partial charge in [0.15, 0.2) is 0 Å². The van der Waals surface area contributed by atoms with Crippen LogP contribution in [-0.2, 0) is 4.79 Å². The van der Waals surface area contributed by atoms with Gasteiger partial charge in [0.2, 0.25) is 5.91 Å². The highest BCUT2D eigenvalue weighted by Crippen LogP contribution is 2.25. The third-order valence-corrected chi connectivity index (χ3v) is 3.43. The SMILES string of the molecule is CN(C1CCC1)C(CN)CC(=O)NC(C)(C)C.